The van der Waals surface area contributed by atoms with Crippen LogP contribution in [0.1, 0.15) is 5.69 Å². The molecular weight excluding hydrogens is 449 g/mol. The molecule has 0 bridgehead atoms. The number of ether oxygens (including phenoxy) is 1. The van der Waals surface area contributed by atoms with Gasteiger partial charge in [-0.2, -0.15) is 18.3 Å². The Hall–Kier alpha value is -2.79. The number of nitrogens with zero attached hydrogens (tertiary/aromatic N) is 2. The van der Waals surface area contributed by atoms with Gasteiger partial charge in [-0.1, -0.05) is 23.7 Å². The maximum absolute atomic E-state index is 13.2. The van der Waals surface area contributed by atoms with Gasteiger partial charge < -0.3 is 9.15 Å². The lowest BCUT2D eigenvalue weighted by atomic mass is 10.2. The van der Waals surface area contributed by atoms with Gasteiger partial charge in [0.25, 0.3) is 0 Å². The third-order valence-electron chi connectivity index (χ3n) is 4.06. The van der Waals surface area contributed by atoms with E-state index in [0.717, 1.165) is 18.0 Å². The summed E-state index contributed by atoms with van der Waals surface area (Å²) >= 11 is 5.92. The van der Waals surface area contributed by atoms with E-state index >= 15 is 0 Å². The third kappa shape index (κ3) is 4.36. The fourth-order valence-corrected chi connectivity index (χ4v) is 3.66. The zero-order valence-corrected chi connectivity index (χ0v) is 17.1. The van der Waals surface area contributed by atoms with E-state index in [2.05, 4.69) is 9.84 Å². The van der Waals surface area contributed by atoms with Gasteiger partial charge in [0.15, 0.2) is 21.3 Å². The van der Waals surface area contributed by atoms with Crippen LogP contribution in [0.25, 0.3) is 22.8 Å². The first-order valence-corrected chi connectivity index (χ1v) is 10.5. The number of halogens is 4. The van der Waals surface area contributed by atoms with Crippen LogP contribution in [0.2, 0.25) is 5.02 Å². The maximum atomic E-state index is 13.2. The van der Waals surface area contributed by atoms with Gasteiger partial charge in [0.1, 0.15) is 23.0 Å². The summed E-state index contributed by atoms with van der Waals surface area (Å²) in [5, 5.41) is 2.65. The molecule has 2 aromatic heterocycles. The predicted molar refractivity (Wildman–Crippen MR) is 101 cm³/mol. The smallest absolute Gasteiger partial charge is 0.436 e. The molecule has 0 aliphatic heterocycles. The number of rotatable bonds is 5. The second kappa shape index (κ2) is 7.80. The molecule has 0 fully saturated rings. The van der Waals surface area contributed by atoms with Gasteiger partial charge in [-0.25, -0.2) is 13.1 Å². The van der Waals surface area contributed by atoms with E-state index in [9.17, 15) is 26.4 Å². The highest BCUT2D eigenvalue weighted by Gasteiger charge is 2.40. The molecule has 0 aliphatic carbocycles. The van der Waals surface area contributed by atoms with Crippen LogP contribution >= 0.6 is 11.6 Å². The van der Waals surface area contributed by atoms with Gasteiger partial charge in [0.05, 0.1) is 12.0 Å². The molecule has 12 heteroatoms. The van der Waals surface area contributed by atoms with E-state index in [0.29, 0.717) is 5.56 Å². The van der Waals surface area contributed by atoms with Crippen LogP contribution in [0.15, 0.2) is 45.7 Å². The molecule has 0 amide bonds. The molecule has 0 saturated carbocycles. The molecule has 160 valence electrons. The number of alkyl halides is 3. The normalized spacial score (nSPS) is 12.2. The molecular formula is C18H14ClF3N2O5S. The van der Waals surface area contributed by atoms with E-state index in [1.807, 2.05) is 0 Å². The van der Waals surface area contributed by atoms with Crippen molar-refractivity contribution in [3.63, 3.8) is 0 Å². The minimum Gasteiger partial charge on any atom is -0.468 e. The first-order valence-electron chi connectivity index (χ1n) is 8.23. The molecule has 0 unspecified atom stereocenters. The van der Waals surface area contributed by atoms with Crippen molar-refractivity contribution in [1.82, 2.24) is 9.78 Å². The molecule has 0 atom stereocenters. The van der Waals surface area contributed by atoms with E-state index in [-0.39, 0.29) is 22.1 Å². The molecule has 0 N–H and O–H groups in total. The second-order valence-electron chi connectivity index (χ2n) is 6.21. The minimum absolute atomic E-state index is 0.0473. The summed E-state index contributed by atoms with van der Waals surface area (Å²) in [6.07, 6.45) is -3.81. The Morgan fingerprint density at radius 1 is 1.23 bits per heavy atom. The number of hydrogen-bond acceptors (Lipinski definition) is 6. The standard InChI is InChI=1S/C18H14ClF3N2O5S/c1-28-14(25)9-24-16(15(19)17(23-24)18(20,21)22)13-7-6-12(29-13)10-4-3-5-11(8-10)30(2,26)27/h3-8H,9H2,1-2H3. The summed E-state index contributed by atoms with van der Waals surface area (Å²) in [6.45, 7) is -0.624. The largest absolute Gasteiger partial charge is 0.468 e. The average molecular weight is 463 g/mol. The van der Waals surface area contributed by atoms with Gasteiger partial charge in [-0.3, -0.25) is 4.79 Å². The molecule has 7 nitrogen and oxygen atoms in total. The van der Waals surface area contributed by atoms with Gasteiger partial charge in [0, 0.05) is 11.8 Å². The minimum atomic E-state index is -4.85. The van der Waals surface area contributed by atoms with Crippen LogP contribution in [0.5, 0.6) is 0 Å². The Labute approximate surface area is 173 Å². The SMILES string of the molecule is COC(=O)Cn1nc(C(F)(F)F)c(Cl)c1-c1ccc(-c2cccc(S(C)(=O)=O)c2)o1. The van der Waals surface area contributed by atoms with Crippen molar-refractivity contribution >= 4 is 27.4 Å². The Bertz CT molecular complexity index is 1210. The number of esters is 1. The molecule has 0 saturated heterocycles. The monoisotopic (exact) mass is 462 g/mol. The summed E-state index contributed by atoms with van der Waals surface area (Å²) in [4.78, 5) is 11.6. The highest BCUT2D eigenvalue weighted by molar-refractivity contribution is 7.90. The molecule has 0 aliphatic rings. The number of benzene rings is 1. The second-order valence-corrected chi connectivity index (χ2v) is 8.60. The van der Waals surface area contributed by atoms with Crippen molar-refractivity contribution < 1.29 is 35.5 Å². The third-order valence-corrected chi connectivity index (χ3v) is 5.52. The Morgan fingerprint density at radius 3 is 2.50 bits per heavy atom. The predicted octanol–water partition coefficient (Wildman–Crippen LogP) is 4.06. The molecule has 0 radical (unpaired) electrons. The number of hydrogen-bond donors (Lipinski definition) is 0. The number of methoxy groups -OCH3 is 1. The van der Waals surface area contributed by atoms with Crippen molar-refractivity contribution in [1.29, 1.82) is 0 Å². The van der Waals surface area contributed by atoms with Crippen molar-refractivity contribution in [3.8, 4) is 22.8 Å². The van der Waals surface area contributed by atoms with E-state index in [4.69, 9.17) is 16.0 Å². The summed E-state index contributed by atoms with van der Waals surface area (Å²) in [5.74, 6) is -0.741. The van der Waals surface area contributed by atoms with Gasteiger partial charge in [-0.05, 0) is 24.3 Å². The Morgan fingerprint density at radius 2 is 1.90 bits per heavy atom. The summed E-state index contributed by atoms with van der Waals surface area (Å²) < 4.78 is 74.1. The molecule has 0 spiro atoms. The quantitative estimate of drug-likeness (QED) is 0.531. The van der Waals surface area contributed by atoms with Crippen LogP contribution < -0.4 is 0 Å². The fraction of sp³-hybridized carbons (Fsp3) is 0.222. The number of sulfone groups is 1. The van der Waals surface area contributed by atoms with Crippen LogP contribution in [-0.4, -0.2) is 37.5 Å². The lowest BCUT2D eigenvalue weighted by Crippen LogP contribution is -2.15. The zero-order valence-electron chi connectivity index (χ0n) is 15.5. The number of aromatic nitrogens is 2. The molecule has 2 heterocycles. The summed E-state index contributed by atoms with van der Waals surface area (Å²) in [5.41, 5.74) is -1.25. The topological polar surface area (TPSA) is 91.4 Å². The van der Waals surface area contributed by atoms with Crippen molar-refractivity contribution in [2.45, 2.75) is 17.6 Å². The number of carbonyl (C=O) groups is 1. The van der Waals surface area contributed by atoms with E-state index < -0.39 is 39.2 Å². The van der Waals surface area contributed by atoms with Crippen molar-refractivity contribution in [2.24, 2.45) is 0 Å². The molecule has 30 heavy (non-hydrogen) atoms. The first kappa shape index (κ1) is 21.9. The Kier molecular flexibility index (Phi) is 5.70. The van der Waals surface area contributed by atoms with Crippen molar-refractivity contribution in [2.75, 3.05) is 13.4 Å². The van der Waals surface area contributed by atoms with Gasteiger partial charge in [0.2, 0.25) is 0 Å². The maximum Gasteiger partial charge on any atom is 0.436 e. The summed E-state index contributed by atoms with van der Waals surface area (Å²) in [6, 6.07) is 8.64. The van der Waals surface area contributed by atoms with Gasteiger partial charge in [-0.15, -0.1) is 0 Å². The lowest BCUT2D eigenvalue weighted by molar-refractivity contribution is -0.144. The van der Waals surface area contributed by atoms with E-state index in [1.54, 1.807) is 6.07 Å². The van der Waals surface area contributed by atoms with Crippen LogP contribution in [0, 0.1) is 0 Å². The van der Waals surface area contributed by atoms with E-state index in [1.165, 1.54) is 30.3 Å². The molecule has 3 rings (SSSR count). The average Bonchev–Trinajstić information content (AvgIpc) is 3.25. The molecule has 1 aromatic carbocycles. The van der Waals surface area contributed by atoms with Crippen LogP contribution in [0.4, 0.5) is 13.2 Å². The summed E-state index contributed by atoms with van der Waals surface area (Å²) in [7, 11) is -2.39. The lowest BCUT2D eigenvalue weighted by Gasteiger charge is -2.05. The fourth-order valence-electron chi connectivity index (χ4n) is 2.66. The van der Waals surface area contributed by atoms with Gasteiger partial charge >= 0.3 is 12.1 Å². The Balaban J connectivity index is 2.11. The first-order chi connectivity index (χ1) is 13.9. The number of carbonyl (C=O) groups excluding carboxylic acids is 1. The van der Waals surface area contributed by atoms with Crippen molar-refractivity contribution in [3.05, 3.63) is 47.1 Å². The highest BCUT2D eigenvalue weighted by atomic mass is 35.5. The number of furan rings is 1. The zero-order chi connectivity index (χ0) is 22.3. The van der Waals surface area contributed by atoms with Crippen LogP contribution in [-0.2, 0) is 32.1 Å². The highest BCUT2D eigenvalue weighted by Crippen LogP contribution is 2.41. The molecule has 3 aromatic rings. The van der Waals surface area contributed by atoms with Crippen LogP contribution in [0.3, 0.4) is 0 Å².